The first-order valence-electron chi connectivity index (χ1n) is 14.1. The quantitative estimate of drug-likeness (QED) is 0.252. The van der Waals surface area contributed by atoms with Crippen LogP contribution in [0.2, 0.25) is 0 Å². The highest BCUT2D eigenvalue weighted by molar-refractivity contribution is 4.82. The maximum absolute atomic E-state index is 2.51. The topological polar surface area (TPSA) is 0 Å². The standard InChI is InChI=1S/C29H56/c1-5-6-7-8-9-13-26-16-20-28(21-17-26)29-22-18-27(19-23-29)15-14-25(4)12-10-11-24(2)3/h24-29H,5-23H2,1-4H3. The van der Waals surface area contributed by atoms with E-state index in [0.29, 0.717) is 0 Å². The van der Waals surface area contributed by atoms with E-state index in [0.717, 1.165) is 35.5 Å². The largest absolute Gasteiger partial charge is 0.0654 e. The Kier molecular flexibility index (Phi) is 13.0. The van der Waals surface area contributed by atoms with Crippen LogP contribution in [-0.2, 0) is 0 Å². The molecule has 0 aromatic carbocycles. The summed E-state index contributed by atoms with van der Waals surface area (Å²) >= 11 is 0. The summed E-state index contributed by atoms with van der Waals surface area (Å²) in [5.74, 6) is 6.20. The predicted octanol–water partition coefficient (Wildman–Crippen LogP) is 10.2. The van der Waals surface area contributed by atoms with Crippen molar-refractivity contribution in [3.05, 3.63) is 0 Å². The minimum absolute atomic E-state index is 0.887. The van der Waals surface area contributed by atoms with Gasteiger partial charge in [0.1, 0.15) is 0 Å². The molecule has 172 valence electrons. The van der Waals surface area contributed by atoms with Gasteiger partial charge in [-0.05, 0) is 61.2 Å². The molecule has 0 amide bonds. The van der Waals surface area contributed by atoms with Crippen molar-refractivity contribution in [3.63, 3.8) is 0 Å². The summed E-state index contributed by atoms with van der Waals surface area (Å²) in [6.07, 6.45) is 28.7. The van der Waals surface area contributed by atoms with Crippen LogP contribution < -0.4 is 0 Å². The fraction of sp³-hybridized carbons (Fsp3) is 1.00. The molecule has 1 unspecified atom stereocenters. The lowest BCUT2D eigenvalue weighted by molar-refractivity contribution is 0.138. The predicted molar refractivity (Wildman–Crippen MR) is 131 cm³/mol. The van der Waals surface area contributed by atoms with E-state index in [2.05, 4.69) is 27.7 Å². The van der Waals surface area contributed by atoms with Gasteiger partial charge in [-0.2, -0.15) is 0 Å². The molecule has 0 N–H and O–H groups in total. The van der Waals surface area contributed by atoms with E-state index in [4.69, 9.17) is 0 Å². The summed E-state index contributed by atoms with van der Waals surface area (Å²) in [6.45, 7) is 9.56. The summed E-state index contributed by atoms with van der Waals surface area (Å²) in [4.78, 5) is 0. The Labute approximate surface area is 185 Å². The molecule has 0 aromatic rings. The summed E-state index contributed by atoms with van der Waals surface area (Å²) < 4.78 is 0. The van der Waals surface area contributed by atoms with Crippen molar-refractivity contribution in [2.24, 2.45) is 35.5 Å². The first kappa shape index (κ1) is 25.3. The second kappa shape index (κ2) is 14.9. The fourth-order valence-corrected chi connectivity index (χ4v) is 6.47. The van der Waals surface area contributed by atoms with Crippen LogP contribution in [0.3, 0.4) is 0 Å². The number of rotatable bonds is 14. The Bertz CT molecular complexity index is 367. The van der Waals surface area contributed by atoms with Gasteiger partial charge in [0, 0.05) is 0 Å². The molecule has 2 aliphatic rings. The maximum atomic E-state index is 2.51. The average Bonchev–Trinajstić information content (AvgIpc) is 2.73. The second-order valence-electron chi connectivity index (χ2n) is 11.8. The molecule has 1 atom stereocenters. The third-order valence-electron chi connectivity index (χ3n) is 8.71. The third kappa shape index (κ3) is 10.7. The molecule has 2 saturated carbocycles. The van der Waals surface area contributed by atoms with Crippen LogP contribution in [0, 0.1) is 35.5 Å². The molecule has 2 aliphatic carbocycles. The van der Waals surface area contributed by atoms with Crippen molar-refractivity contribution in [1.82, 2.24) is 0 Å². The Balaban J connectivity index is 1.51. The van der Waals surface area contributed by atoms with Gasteiger partial charge in [0.25, 0.3) is 0 Å². The zero-order valence-corrected chi connectivity index (χ0v) is 20.9. The Morgan fingerprint density at radius 1 is 0.552 bits per heavy atom. The van der Waals surface area contributed by atoms with E-state index >= 15 is 0 Å². The lowest BCUT2D eigenvalue weighted by atomic mass is 9.68. The highest BCUT2D eigenvalue weighted by atomic mass is 14.4. The van der Waals surface area contributed by atoms with E-state index in [-0.39, 0.29) is 0 Å². The Morgan fingerprint density at radius 3 is 1.66 bits per heavy atom. The van der Waals surface area contributed by atoms with Crippen LogP contribution in [0.25, 0.3) is 0 Å². The number of hydrogen-bond donors (Lipinski definition) is 0. The van der Waals surface area contributed by atoms with Gasteiger partial charge >= 0.3 is 0 Å². The first-order chi connectivity index (χ1) is 14.1. The molecule has 0 spiro atoms. The monoisotopic (exact) mass is 404 g/mol. The molecule has 0 heteroatoms. The van der Waals surface area contributed by atoms with Gasteiger partial charge < -0.3 is 0 Å². The van der Waals surface area contributed by atoms with Gasteiger partial charge in [-0.3, -0.25) is 0 Å². The number of unbranched alkanes of at least 4 members (excludes halogenated alkanes) is 4. The van der Waals surface area contributed by atoms with Crippen molar-refractivity contribution in [2.75, 3.05) is 0 Å². The molecule has 2 rings (SSSR count). The zero-order valence-electron chi connectivity index (χ0n) is 20.9. The summed E-state index contributed by atoms with van der Waals surface area (Å²) in [5, 5.41) is 0. The van der Waals surface area contributed by atoms with Crippen LogP contribution in [-0.4, -0.2) is 0 Å². The molecule has 2 fully saturated rings. The summed E-state index contributed by atoms with van der Waals surface area (Å²) in [6, 6.07) is 0. The van der Waals surface area contributed by atoms with Crippen LogP contribution >= 0.6 is 0 Å². The van der Waals surface area contributed by atoms with Crippen LogP contribution in [0.1, 0.15) is 150 Å². The molecule has 0 aromatic heterocycles. The van der Waals surface area contributed by atoms with Crippen LogP contribution in [0.15, 0.2) is 0 Å². The van der Waals surface area contributed by atoms with Crippen molar-refractivity contribution in [1.29, 1.82) is 0 Å². The van der Waals surface area contributed by atoms with Gasteiger partial charge in [0.2, 0.25) is 0 Å². The van der Waals surface area contributed by atoms with Gasteiger partial charge in [0.15, 0.2) is 0 Å². The highest BCUT2D eigenvalue weighted by Crippen LogP contribution is 2.43. The lowest BCUT2D eigenvalue weighted by Crippen LogP contribution is -2.26. The second-order valence-corrected chi connectivity index (χ2v) is 11.8. The molecule has 0 bridgehead atoms. The molecule has 0 radical (unpaired) electrons. The van der Waals surface area contributed by atoms with Crippen molar-refractivity contribution >= 4 is 0 Å². The zero-order chi connectivity index (χ0) is 20.9. The molecule has 0 aliphatic heterocycles. The molecular weight excluding hydrogens is 348 g/mol. The van der Waals surface area contributed by atoms with Gasteiger partial charge in [-0.1, -0.05) is 124 Å². The Hall–Kier alpha value is 0. The smallest absolute Gasteiger partial charge is 0.0386 e. The van der Waals surface area contributed by atoms with E-state index in [1.807, 2.05) is 0 Å². The summed E-state index contributed by atoms with van der Waals surface area (Å²) in [5.41, 5.74) is 0. The van der Waals surface area contributed by atoms with Gasteiger partial charge in [-0.15, -0.1) is 0 Å². The summed E-state index contributed by atoms with van der Waals surface area (Å²) in [7, 11) is 0. The first-order valence-corrected chi connectivity index (χ1v) is 14.1. The minimum atomic E-state index is 0.887. The maximum Gasteiger partial charge on any atom is -0.0386 e. The molecule has 0 saturated heterocycles. The van der Waals surface area contributed by atoms with Gasteiger partial charge in [-0.25, -0.2) is 0 Å². The van der Waals surface area contributed by atoms with E-state index in [9.17, 15) is 0 Å². The van der Waals surface area contributed by atoms with Gasteiger partial charge in [0.05, 0.1) is 0 Å². The van der Waals surface area contributed by atoms with Crippen molar-refractivity contribution < 1.29 is 0 Å². The van der Waals surface area contributed by atoms with E-state index in [1.54, 1.807) is 57.8 Å². The van der Waals surface area contributed by atoms with Crippen molar-refractivity contribution in [2.45, 2.75) is 150 Å². The lowest BCUT2D eigenvalue weighted by Gasteiger charge is -2.38. The SMILES string of the molecule is CCCCCCCC1CCC(C2CCC(CCC(C)CCCC(C)C)CC2)CC1. The van der Waals surface area contributed by atoms with Crippen LogP contribution in [0.5, 0.6) is 0 Å². The van der Waals surface area contributed by atoms with Crippen molar-refractivity contribution in [3.8, 4) is 0 Å². The molecule has 29 heavy (non-hydrogen) atoms. The third-order valence-corrected chi connectivity index (χ3v) is 8.71. The molecule has 0 heterocycles. The molecular formula is C29H56. The molecule has 0 nitrogen and oxygen atoms in total. The van der Waals surface area contributed by atoms with E-state index < -0.39 is 0 Å². The van der Waals surface area contributed by atoms with E-state index in [1.165, 1.54) is 64.2 Å². The van der Waals surface area contributed by atoms with Crippen LogP contribution in [0.4, 0.5) is 0 Å². The Morgan fingerprint density at radius 2 is 1.10 bits per heavy atom. The highest BCUT2D eigenvalue weighted by Gasteiger charge is 2.30. The minimum Gasteiger partial charge on any atom is -0.0654 e. The normalized spacial score (nSPS) is 29.3. The fourth-order valence-electron chi connectivity index (χ4n) is 6.47. The number of hydrogen-bond acceptors (Lipinski definition) is 0. The average molecular weight is 405 g/mol.